The second-order valence-electron chi connectivity index (χ2n) is 5.36. The number of hydrogen-bond donors (Lipinski definition) is 4. The van der Waals surface area contributed by atoms with E-state index in [1.54, 1.807) is 17.8 Å². The number of aliphatic hydroxyl groups excluding tert-OH is 1. The van der Waals surface area contributed by atoms with Crippen LogP contribution in [0.2, 0.25) is 10.0 Å². The fourth-order valence-corrected chi connectivity index (χ4v) is 3.00. The minimum atomic E-state index is -1.42. The molecule has 0 saturated carbocycles. The van der Waals surface area contributed by atoms with Gasteiger partial charge in [0.2, 0.25) is 0 Å². The van der Waals surface area contributed by atoms with Gasteiger partial charge in [0.15, 0.2) is 0 Å². The number of carbonyl (C=O) groups excluding carboxylic acids is 2. The van der Waals surface area contributed by atoms with Crippen LogP contribution in [0.5, 0.6) is 0 Å². The molecule has 0 fully saturated rings. The summed E-state index contributed by atoms with van der Waals surface area (Å²) in [5.41, 5.74) is 10.2. The van der Waals surface area contributed by atoms with Crippen molar-refractivity contribution in [3.8, 4) is 0 Å². The van der Waals surface area contributed by atoms with E-state index in [2.05, 4.69) is 24.7 Å². The van der Waals surface area contributed by atoms with Gasteiger partial charge in [0.25, 0.3) is 11.8 Å². The fraction of sp³-hybridized carbons (Fsp3) is 0.467. The Kier molecular flexibility index (Phi) is 8.86. The Balaban J connectivity index is 2.49. The van der Waals surface area contributed by atoms with Gasteiger partial charge in [-0.25, -0.2) is 0 Å². The van der Waals surface area contributed by atoms with Crippen LogP contribution in [0.4, 0.5) is 0 Å². The Morgan fingerprint density at radius 2 is 1.96 bits per heavy atom. The number of carbonyl (C=O) groups is 2. The van der Waals surface area contributed by atoms with Gasteiger partial charge in [-0.05, 0) is 29.6 Å². The first-order chi connectivity index (χ1) is 11.2. The second-order valence-corrected chi connectivity index (χ2v) is 7.83. The summed E-state index contributed by atoms with van der Waals surface area (Å²) in [4.78, 5) is 23.8. The molecule has 0 bridgehead atoms. The van der Waals surface area contributed by atoms with Gasteiger partial charge in [-0.2, -0.15) is 11.8 Å². The van der Waals surface area contributed by atoms with Crippen LogP contribution in [0, 0.1) is 0 Å². The van der Waals surface area contributed by atoms with Gasteiger partial charge >= 0.3 is 0 Å². The summed E-state index contributed by atoms with van der Waals surface area (Å²) < 4.78 is 0. The van der Waals surface area contributed by atoms with E-state index in [0.717, 1.165) is 5.75 Å². The van der Waals surface area contributed by atoms with Crippen LogP contribution in [0.3, 0.4) is 0 Å². The Labute approximate surface area is 155 Å². The van der Waals surface area contributed by atoms with Crippen molar-refractivity contribution in [3.63, 3.8) is 0 Å². The highest BCUT2D eigenvalue weighted by molar-refractivity contribution is 7.99. The van der Waals surface area contributed by atoms with E-state index in [9.17, 15) is 14.7 Å². The number of halogens is 2. The molecule has 0 radical (unpaired) electrons. The molecule has 0 heterocycles. The monoisotopic (exact) mass is 393 g/mol. The molecule has 0 aliphatic heterocycles. The molecule has 0 aliphatic rings. The lowest BCUT2D eigenvalue weighted by Crippen LogP contribution is -2.52. The van der Waals surface area contributed by atoms with Gasteiger partial charge in [-0.3, -0.25) is 20.4 Å². The zero-order valence-corrected chi connectivity index (χ0v) is 15.7. The maximum atomic E-state index is 12.0. The lowest BCUT2D eigenvalue weighted by Gasteiger charge is -2.19. The molecule has 1 aromatic rings. The molecule has 2 atom stereocenters. The molecule has 24 heavy (non-hydrogen) atoms. The predicted molar refractivity (Wildman–Crippen MR) is 98.3 cm³/mol. The smallest absolute Gasteiger partial charge is 0.271 e. The first-order valence-corrected chi connectivity index (χ1v) is 9.14. The van der Waals surface area contributed by atoms with Gasteiger partial charge in [0.05, 0.1) is 15.6 Å². The number of thioether (sulfide) groups is 1. The largest absolute Gasteiger partial charge is 0.382 e. The number of rotatable bonds is 7. The fourth-order valence-electron chi connectivity index (χ4n) is 1.73. The lowest BCUT2D eigenvalue weighted by molar-refractivity contribution is -0.131. The summed E-state index contributed by atoms with van der Waals surface area (Å²) in [6, 6.07) is 3.84. The van der Waals surface area contributed by atoms with Crippen LogP contribution in [0.1, 0.15) is 30.6 Å². The molecule has 5 N–H and O–H groups in total. The van der Waals surface area contributed by atoms with E-state index in [1.807, 2.05) is 0 Å². The van der Waals surface area contributed by atoms with Crippen molar-refractivity contribution in [1.29, 1.82) is 0 Å². The number of benzene rings is 1. The highest BCUT2D eigenvalue weighted by Gasteiger charge is 2.23. The van der Waals surface area contributed by atoms with Crippen molar-refractivity contribution in [3.05, 3.63) is 33.8 Å². The summed E-state index contributed by atoms with van der Waals surface area (Å²) in [5, 5.41) is 10.6. The molecule has 9 heteroatoms. The molecule has 0 aromatic heterocycles. The molecule has 0 aliphatic carbocycles. The molecule has 134 valence electrons. The molecular weight excluding hydrogens is 373 g/mol. The first kappa shape index (κ1) is 21.1. The van der Waals surface area contributed by atoms with E-state index in [1.165, 1.54) is 12.1 Å². The first-order valence-electron chi connectivity index (χ1n) is 7.33. The number of hydrogen-bond acceptors (Lipinski definition) is 5. The molecule has 6 nitrogen and oxygen atoms in total. The van der Waals surface area contributed by atoms with Crippen LogP contribution in [-0.2, 0) is 4.79 Å². The van der Waals surface area contributed by atoms with E-state index >= 15 is 0 Å². The SMILES string of the molecule is CC(C)SCC[C@@H](N)C(O)C(=O)NNC(=O)c1cccc(Cl)c1Cl. The highest BCUT2D eigenvalue weighted by Crippen LogP contribution is 2.25. The molecule has 1 rings (SSSR count). The molecule has 0 spiro atoms. The van der Waals surface area contributed by atoms with Crippen molar-refractivity contribution in [2.45, 2.75) is 37.7 Å². The maximum Gasteiger partial charge on any atom is 0.271 e. The van der Waals surface area contributed by atoms with Gasteiger partial charge in [0, 0.05) is 6.04 Å². The molecular formula is C15H21Cl2N3O3S. The molecule has 2 amide bonds. The topological polar surface area (TPSA) is 104 Å². The zero-order chi connectivity index (χ0) is 18.3. The van der Waals surface area contributed by atoms with Crippen molar-refractivity contribution >= 4 is 46.8 Å². The zero-order valence-electron chi connectivity index (χ0n) is 13.4. The number of hydrazine groups is 1. The summed E-state index contributed by atoms with van der Waals surface area (Å²) in [7, 11) is 0. The molecule has 0 saturated heterocycles. The summed E-state index contributed by atoms with van der Waals surface area (Å²) >= 11 is 13.4. The molecule has 1 aromatic carbocycles. The summed E-state index contributed by atoms with van der Waals surface area (Å²) in [6.07, 6.45) is -0.946. The number of nitrogens with two attached hydrogens (primary N) is 1. The van der Waals surface area contributed by atoms with Crippen molar-refractivity contribution in [2.24, 2.45) is 5.73 Å². The predicted octanol–water partition coefficient (Wildman–Crippen LogP) is 1.97. The van der Waals surface area contributed by atoms with Crippen molar-refractivity contribution in [1.82, 2.24) is 10.9 Å². The van der Waals surface area contributed by atoms with Gasteiger partial charge in [0.1, 0.15) is 6.10 Å². The van der Waals surface area contributed by atoms with Crippen LogP contribution in [0.15, 0.2) is 18.2 Å². The third-order valence-corrected chi connectivity index (χ3v) is 5.03. The van der Waals surface area contributed by atoms with Crippen molar-refractivity contribution in [2.75, 3.05) is 5.75 Å². The Bertz CT molecular complexity index is 587. The Hall–Kier alpha value is -0.990. The lowest BCUT2D eigenvalue weighted by atomic mass is 10.1. The van der Waals surface area contributed by atoms with Crippen LogP contribution in [-0.4, -0.2) is 40.1 Å². The third kappa shape index (κ3) is 6.49. The van der Waals surface area contributed by atoms with E-state index in [4.69, 9.17) is 28.9 Å². The third-order valence-electron chi connectivity index (χ3n) is 3.07. The quantitative estimate of drug-likeness (QED) is 0.530. The average molecular weight is 394 g/mol. The Morgan fingerprint density at radius 3 is 2.58 bits per heavy atom. The minimum Gasteiger partial charge on any atom is -0.382 e. The van der Waals surface area contributed by atoms with Gasteiger partial charge < -0.3 is 10.8 Å². The number of nitrogens with one attached hydrogen (secondary N) is 2. The van der Waals surface area contributed by atoms with Crippen LogP contribution in [0.25, 0.3) is 0 Å². The minimum absolute atomic E-state index is 0.0777. The van der Waals surface area contributed by atoms with Crippen molar-refractivity contribution < 1.29 is 14.7 Å². The van der Waals surface area contributed by atoms with Gasteiger partial charge in [-0.15, -0.1) is 0 Å². The highest BCUT2D eigenvalue weighted by atomic mass is 35.5. The normalized spacial score (nSPS) is 13.5. The van der Waals surface area contributed by atoms with E-state index < -0.39 is 24.0 Å². The van der Waals surface area contributed by atoms with Crippen LogP contribution < -0.4 is 16.6 Å². The average Bonchev–Trinajstić information content (AvgIpc) is 2.53. The van der Waals surface area contributed by atoms with Gasteiger partial charge in [-0.1, -0.05) is 43.1 Å². The van der Waals surface area contributed by atoms with E-state index in [-0.39, 0.29) is 15.6 Å². The second kappa shape index (κ2) is 10.1. The number of aliphatic hydroxyl groups is 1. The van der Waals surface area contributed by atoms with Crippen LogP contribution >= 0.6 is 35.0 Å². The standard InChI is InChI=1S/C15H21Cl2N3O3S/c1-8(2)24-7-6-11(18)13(21)15(23)20-19-14(22)9-4-3-5-10(16)12(9)17/h3-5,8,11,13,21H,6-7,18H2,1-2H3,(H,19,22)(H,20,23)/t11-,13?/m1/s1. The summed E-state index contributed by atoms with van der Waals surface area (Å²) in [6.45, 7) is 4.10. The Morgan fingerprint density at radius 1 is 1.29 bits per heavy atom. The summed E-state index contributed by atoms with van der Waals surface area (Å²) in [5.74, 6) is -0.705. The van der Waals surface area contributed by atoms with E-state index in [0.29, 0.717) is 11.7 Å². The maximum absolute atomic E-state index is 12.0. The number of amides is 2. The molecule has 1 unspecified atom stereocenters.